The molecular weight excluding hydrogens is 350 g/mol. The molecule has 0 fully saturated rings. The predicted octanol–water partition coefficient (Wildman–Crippen LogP) is 2.80. The number of aliphatic carboxylic acids is 1. The van der Waals surface area contributed by atoms with Gasteiger partial charge in [-0.1, -0.05) is 27.5 Å². The number of carboxylic acids is 1. The van der Waals surface area contributed by atoms with Crippen molar-refractivity contribution in [1.82, 2.24) is 4.90 Å². The van der Waals surface area contributed by atoms with E-state index in [4.69, 9.17) is 21.4 Å². The Labute approximate surface area is 130 Å². The SMILES string of the molecule is CN(CCCC(=O)O)C(=O)COc1ccc(Br)cc1Cl. The monoisotopic (exact) mass is 363 g/mol. The molecule has 1 rings (SSSR count). The molecule has 0 saturated heterocycles. The highest BCUT2D eigenvalue weighted by atomic mass is 79.9. The van der Waals surface area contributed by atoms with Crippen molar-refractivity contribution in [2.45, 2.75) is 12.8 Å². The first kappa shape index (κ1) is 16.8. The molecule has 0 aliphatic rings. The number of carbonyl (C=O) groups is 2. The summed E-state index contributed by atoms with van der Waals surface area (Å²) in [4.78, 5) is 23.6. The van der Waals surface area contributed by atoms with Crippen LogP contribution in [-0.4, -0.2) is 42.1 Å². The zero-order valence-corrected chi connectivity index (χ0v) is 13.3. The third-order valence-corrected chi connectivity index (χ3v) is 3.34. The van der Waals surface area contributed by atoms with Crippen LogP contribution in [0.1, 0.15) is 12.8 Å². The summed E-state index contributed by atoms with van der Waals surface area (Å²) < 4.78 is 6.17. The van der Waals surface area contributed by atoms with Gasteiger partial charge >= 0.3 is 5.97 Å². The average molecular weight is 365 g/mol. The summed E-state index contributed by atoms with van der Waals surface area (Å²) in [6.07, 6.45) is 0.452. The molecule has 1 amide bonds. The molecule has 110 valence electrons. The first-order chi connectivity index (χ1) is 9.40. The summed E-state index contributed by atoms with van der Waals surface area (Å²) in [5.41, 5.74) is 0. The van der Waals surface area contributed by atoms with E-state index in [2.05, 4.69) is 15.9 Å². The summed E-state index contributed by atoms with van der Waals surface area (Å²) in [5.74, 6) is -0.666. The summed E-state index contributed by atoms with van der Waals surface area (Å²) in [6.45, 7) is 0.244. The third-order valence-electron chi connectivity index (χ3n) is 2.55. The van der Waals surface area contributed by atoms with Gasteiger partial charge in [-0.05, 0) is 24.6 Å². The van der Waals surface area contributed by atoms with E-state index in [-0.39, 0.29) is 18.9 Å². The summed E-state index contributed by atoms with van der Waals surface area (Å²) in [5, 5.41) is 8.94. The number of carbonyl (C=O) groups excluding carboxylic acids is 1. The zero-order chi connectivity index (χ0) is 15.1. The molecule has 0 heterocycles. The van der Waals surface area contributed by atoms with Crippen LogP contribution >= 0.6 is 27.5 Å². The quantitative estimate of drug-likeness (QED) is 0.808. The first-order valence-corrected chi connectivity index (χ1v) is 7.11. The van der Waals surface area contributed by atoms with E-state index in [1.807, 2.05) is 0 Å². The maximum absolute atomic E-state index is 11.8. The molecular formula is C13H15BrClNO4. The second kappa shape index (κ2) is 8.11. The number of amides is 1. The molecule has 0 aromatic heterocycles. The topological polar surface area (TPSA) is 66.8 Å². The van der Waals surface area contributed by atoms with Gasteiger partial charge in [0.2, 0.25) is 0 Å². The second-order valence-corrected chi connectivity index (χ2v) is 5.50. The van der Waals surface area contributed by atoms with Crippen molar-refractivity contribution in [3.63, 3.8) is 0 Å². The molecule has 0 aliphatic carbocycles. The molecule has 20 heavy (non-hydrogen) atoms. The van der Waals surface area contributed by atoms with Crippen LogP contribution in [0, 0.1) is 0 Å². The van der Waals surface area contributed by atoms with Crippen molar-refractivity contribution in [3.8, 4) is 5.75 Å². The maximum atomic E-state index is 11.8. The lowest BCUT2D eigenvalue weighted by molar-refractivity contribution is -0.138. The van der Waals surface area contributed by atoms with Crippen molar-refractivity contribution in [3.05, 3.63) is 27.7 Å². The molecule has 7 heteroatoms. The van der Waals surface area contributed by atoms with Gasteiger partial charge in [0.25, 0.3) is 5.91 Å². The summed E-state index contributed by atoms with van der Waals surface area (Å²) >= 11 is 9.24. The van der Waals surface area contributed by atoms with E-state index in [0.29, 0.717) is 23.7 Å². The van der Waals surface area contributed by atoms with E-state index in [9.17, 15) is 9.59 Å². The van der Waals surface area contributed by atoms with Crippen molar-refractivity contribution in [1.29, 1.82) is 0 Å². The van der Waals surface area contributed by atoms with Gasteiger partial charge in [-0.3, -0.25) is 9.59 Å². The van der Waals surface area contributed by atoms with Gasteiger partial charge in [0.05, 0.1) is 5.02 Å². The van der Waals surface area contributed by atoms with Crippen LogP contribution in [0.3, 0.4) is 0 Å². The Bertz CT molecular complexity index is 495. The minimum absolute atomic E-state index is 0.0387. The van der Waals surface area contributed by atoms with Gasteiger partial charge in [-0.25, -0.2) is 0 Å². The number of benzene rings is 1. The Balaban J connectivity index is 2.40. The first-order valence-electron chi connectivity index (χ1n) is 5.93. The van der Waals surface area contributed by atoms with E-state index < -0.39 is 5.97 Å². The van der Waals surface area contributed by atoms with Crippen LogP contribution in [0.2, 0.25) is 5.02 Å². The van der Waals surface area contributed by atoms with Crippen molar-refractivity contribution in [2.75, 3.05) is 20.2 Å². The normalized spacial score (nSPS) is 10.2. The van der Waals surface area contributed by atoms with E-state index in [0.717, 1.165) is 4.47 Å². The Morgan fingerprint density at radius 2 is 2.15 bits per heavy atom. The highest BCUT2D eigenvalue weighted by Crippen LogP contribution is 2.27. The fraction of sp³-hybridized carbons (Fsp3) is 0.385. The fourth-order valence-corrected chi connectivity index (χ4v) is 2.16. The minimum atomic E-state index is -0.872. The Kier molecular flexibility index (Phi) is 6.81. The van der Waals surface area contributed by atoms with Crippen LogP contribution in [0.15, 0.2) is 22.7 Å². The molecule has 0 spiro atoms. The zero-order valence-electron chi connectivity index (χ0n) is 10.9. The minimum Gasteiger partial charge on any atom is -0.482 e. The lowest BCUT2D eigenvalue weighted by atomic mass is 10.3. The second-order valence-electron chi connectivity index (χ2n) is 4.18. The van der Waals surface area contributed by atoms with Crippen molar-refractivity contribution >= 4 is 39.4 Å². The summed E-state index contributed by atoms with van der Waals surface area (Å²) in [7, 11) is 1.61. The number of carboxylic acid groups (broad SMARTS) is 1. The van der Waals surface area contributed by atoms with Crippen LogP contribution in [0.5, 0.6) is 5.75 Å². The van der Waals surface area contributed by atoms with Gasteiger partial charge in [0, 0.05) is 24.5 Å². The molecule has 1 aromatic rings. The van der Waals surface area contributed by atoms with Crippen LogP contribution < -0.4 is 4.74 Å². The smallest absolute Gasteiger partial charge is 0.303 e. The molecule has 0 atom stereocenters. The molecule has 1 aromatic carbocycles. The third kappa shape index (κ3) is 5.79. The van der Waals surface area contributed by atoms with Gasteiger partial charge < -0.3 is 14.7 Å². The maximum Gasteiger partial charge on any atom is 0.303 e. The molecule has 0 aliphatic heterocycles. The Morgan fingerprint density at radius 1 is 1.45 bits per heavy atom. The highest BCUT2D eigenvalue weighted by molar-refractivity contribution is 9.10. The Hall–Kier alpha value is -1.27. The molecule has 5 nitrogen and oxygen atoms in total. The van der Waals surface area contributed by atoms with Crippen LogP contribution in [0.4, 0.5) is 0 Å². The number of hydrogen-bond donors (Lipinski definition) is 1. The van der Waals surface area contributed by atoms with E-state index >= 15 is 0 Å². The van der Waals surface area contributed by atoms with Crippen molar-refractivity contribution < 1.29 is 19.4 Å². The van der Waals surface area contributed by atoms with Gasteiger partial charge in [0.15, 0.2) is 6.61 Å². The number of hydrogen-bond acceptors (Lipinski definition) is 3. The standard InChI is InChI=1S/C13H15BrClNO4/c1-16(6-2-3-13(18)19)12(17)8-20-11-5-4-9(14)7-10(11)15/h4-5,7H,2-3,6,8H2,1H3,(H,18,19). The van der Waals surface area contributed by atoms with Gasteiger partial charge in [0.1, 0.15) is 5.75 Å². The molecule has 1 N–H and O–H groups in total. The molecule has 0 radical (unpaired) electrons. The molecule has 0 unspecified atom stereocenters. The highest BCUT2D eigenvalue weighted by Gasteiger charge is 2.11. The summed E-state index contributed by atoms with van der Waals surface area (Å²) in [6, 6.07) is 5.12. The largest absolute Gasteiger partial charge is 0.482 e. The molecule has 0 bridgehead atoms. The van der Waals surface area contributed by atoms with Crippen LogP contribution in [0.25, 0.3) is 0 Å². The van der Waals surface area contributed by atoms with Gasteiger partial charge in [-0.2, -0.15) is 0 Å². The fourth-order valence-electron chi connectivity index (χ4n) is 1.43. The number of ether oxygens (including phenoxy) is 1. The number of rotatable bonds is 7. The lowest BCUT2D eigenvalue weighted by Gasteiger charge is -2.17. The number of halogens is 2. The van der Waals surface area contributed by atoms with E-state index in [1.54, 1.807) is 25.2 Å². The van der Waals surface area contributed by atoms with Crippen molar-refractivity contribution in [2.24, 2.45) is 0 Å². The van der Waals surface area contributed by atoms with E-state index in [1.165, 1.54) is 4.90 Å². The average Bonchev–Trinajstić information content (AvgIpc) is 2.36. The Morgan fingerprint density at radius 3 is 2.75 bits per heavy atom. The van der Waals surface area contributed by atoms with Gasteiger partial charge in [-0.15, -0.1) is 0 Å². The predicted molar refractivity (Wildman–Crippen MR) is 79.2 cm³/mol. The van der Waals surface area contributed by atoms with Crippen LogP contribution in [-0.2, 0) is 9.59 Å². The number of nitrogens with zero attached hydrogens (tertiary/aromatic N) is 1. The number of likely N-dealkylation sites (N-methyl/N-ethyl adjacent to an activating group) is 1. The molecule has 0 saturated carbocycles. The lowest BCUT2D eigenvalue weighted by Crippen LogP contribution is -2.32.